The number of rotatable bonds is 5. The molecule has 2 rings (SSSR count). The minimum Gasteiger partial charge on any atom is -0.478 e. The normalized spacial score (nSPS) is 9.90. The number of likely N-dealkylation sites (N-methyl/N-ethyl adjacent to an activating group) is 1. The van der Waals surface area contributed by atoms with Crippen molar-refractivity contribution in [2.75, 3.05) is 18.5 Å². The van der Waals surface area contributed by atoms with Gasteiger partial charge < -0.3 is 10.0 Å². The zero-order valence-corrected chi connectivity index (χ0v) is 11.5. The van der Waals surface area contributed by atoms with E-state index in [1.807, 2.05) is 12.1 Å². The molecule has 1 aromatic carbocycles. The Morgan fingerprint density at radius 1 is 1.38 bits per heavy atom. The minimum absolute atomic E-state index is 0.303. The summed E-state index contributed by atoms with van der Waals surface area (Å²) in [6.45, 7) is 0.555. The number of carboxylic acids is 1. The van der Waals surface area contributed by atoms with Crippen molar-refractivity contribution in [3.63, 3.8) is 0 Å². The molecule has 0 saturated heterocycles. The highest BCUT2D eigenvalue weighted by molar-refractivity contribution is 5.89. The first kappa shape index (κ1) is 14.5. The molecule has 21 heavy (non-hydrogen) atoms. The van der Waals surface area contributed by atoms with Gasteiger partial charge in [-0.25, -0.2) is 14.8 Å². The van der Waals surface area contributed by atoms with Crippen LogP contribution in [0.15, 0.2) is 36.5 Å². The van der Waals surface area contributed by atoms with Gasteiger partial charge >= 0.3 is 5.97 Å². The molecule has 0 unspecified atom stereocenters. The molecule has 1 heterocycles. The molecular weight excluding hydrogens is 268 g/mol. The number of hydrogen-bond donors (Lipinski definition) is 1. The van der Waals surface area contributed by atoms with Crippen LogP contribution >= 0.6 is 0 Å². The van der Waals surface area contributed by atoms with Crippen molar-refractivity contribution in [2.45, 2.75) is 6.42 Å². The smallest absolute Gasteiger partial charge is 0.335 e. The fraction of sp³-hybridized carbons (Fsp3) is 0.200. The topological polar surface area (TPSA) is 90.1 Å². The van der Waals surface area contributed by atoms with Gasteiger partial charge in [-0.2, -0.15) is 5.26 Å². The fourth-order valence-corrected chi connectivity index (χ4v) is 1.93. The Balaban J connectivity index is 2.09. The number of anilines is 1. The van der Waals surface area contributed by atoms with E-state index in [1.54, 1.807) is 30.1 Å². The predicted molar refractivity (Wildman–Crippen MR) is 77.1 cm³/mol. The summed E-state index contributed by atoms with van der Waals surface area (Å²) in [5.74, 6) is -0.488. The number of carbonyl (C=O) groups is 1. The fourth-order valence-electron chi connectivity index (χ4n) is 1.93. The number of nitrogens with zero attached hydrogens (tertiary/aromatic N) is 4. The molecule has 0 spiro atoms. The molecular formula is C15H14N4O2. The molecule has 0 fully saturated rings. The molecule has 6 heteroatoms. The maximum absolute atomic E-state index is 11.1. The van der Waals surface area contributed by atoms with Crippen molar-refractivity contribution in [3.8, 4) is 6.07 Å². The van der Waals surface area contributed by atoms with Gasteiger partial charge in [-0.15, -0.1) is 0 Å². The van der Waals surface area contributed by atoms with Crippen LogP contribution in [0, 0.1) is 11.3 Å². The van der Waals surface area contributed by atoms with E-state index in [0.717, 1.165) is 5.56 Å². The molecule has 106 valence electrons. The van der Waals surface area contributed by atoms with E-state index in [9.17, 15) is 4.79 Å². The van der Waals surface area contributed by atoms with Crippen LogP contribution in [0.5, 0.6) is 0 Å². The zero-order valence-electron chi connectivity index (χ0n) is 11.5. The van der Waals surface area contributed by atoms with Crippen molar-refractivity contribution in [3.05, 3.63) is 53.3 Å². The molecule has 0 amide bonds. The number of hydrogen-bond acceptors (Lipinski definition) is 5. The number of nitriles is 1. The summed E-state index contributed by atoms with van der Waals surface area (Å²) in [6, 6.07) is 10.4. The summed E-state index contributed by atoms with van der Waals surface area (Å²) in [5.41, 5.74) is 1.36. The standard InChI is InChI=1S/C15H14N4O2/c1-19(15-17-8-6-12(10-16)18-15)9-7-11-4-2-3-5-13(11)14(20)21/h2-6,8H,7,9H2,1H3,(H,20,21). The monoisotopic (exact) mass is 282 g/mol. The van der Waals surface area contributed by atoms with Gasteiger partial charge in [-0.3, -0.25) is 0 Å². The first-order valence-corrected chi connectivity index (χ1v) is 6.37. The van der Waals surface area contributed by atoms with Crippen molar-refractivity contribution >= 4 is 11.9 Å². The lowest BCUT2D eigenvalue weighted by molar-refractivity contribution is 0.0695. The molecule has 0 bridgehead atoms. The molecule has 0 radical (unpaired) electrons. The van der Waals surface area contributed by atoms with Crippen LogP contribution in [0.1, 0.15) is 21.6 Å². The van der Waals surface area contributed by atoms with Crippen LogP contribution in [-0.2, 0) is 6.42 Å². The summed E-state index contributed by atoms with van der Waals surface area (Å²) in [6.07, 6.45) is 2.09. The first-order valence-electron chi connectivity index (χ1n) is 6.37. The summed E-state index contributed by atoms with van der Waals surface area (Å²) in [5, 5.41) is 18.0. The second kappa shape index (κ2) is 6.48. The van der Waals surface area contributed by atoms with E-state index in [4.69, 9.17) is 10.4 Å². The van der Waals surface area contributed by atoms with E-state index in [0.29, 0.717) is 30.2 Å². The molecule has 2 aromatic rings. The molecule has 6 nitrogen and oxygen atoms in total. The summed E-state index contributed by atoms with van der Waals surface area (Å²) in [7, 11) is 1.81. The zero-order chi connectivity index (χ0) is 15.2. The highest BCUT2D eigenvalue weighted by Crippen LogP contribution is 2.12. The average Bonchev–Trinajstić information content (AvgIpc) is 2.52. The lowest BCUT2D eigenvalue weighted by atomic mass is 10.0. The largest absolute Gasteiger partial charge is 0.478 e. The van der Waals surface area contributed by atoms with Crippen LogP contribution in [0.3, 0.4) is 0 Å². The minimum atomic E-state index is -0.934. The Morgan fingerprint density at radius 2 is 2.14 bits per heavy atom. The van der Waals surface area contributed by atoms with Gasteiger partial charge in [-0.05, 0) is 24.1 Å². The number of aromatic nitrogens is 2. The Kier molecular flexibility index (Phi) is 4.46. The van der Waals surface area contributed by atoms with Gasteiger partial charge in [0.25, 0.3) is 0 Å². The van der Waals surface area contributed by atoms with Crippen molar-refractivity contribution < 1.29 is 9.90 Å². The highest BCUT2D eigenvalue weighted by Gasteiger charge is 2.11. The van der Waals surface area contributed by atoms with Gasteiger partial charge in [0, 0.05) is 19.8 Å². The second-order valence-electron chi connectivity index (χ2n) is 4.49. The SMILES string of the molecule is CN(CCc1ccccc1C(=O)O)c1nccc(C#N)n1. The molecule has 1 N–H and O–H groups in total. The Labute approximate surface area is 122 Å². The summed E-state index contributed by atoms with van der Waals surface area (Å²) >= 11 is 0. The van der Waals surface area contributed by atoms with Gasteiger partial charge in [-0.1, -0.05) is 18.2 Å². The van der Waals surface area contributed by atoms with Gasteiger partial charge in [0.2, 0.25) is 5.95 Å². The van der Waals surface area contributed by atoms with Crippen LogP contribution in [0.25, 0.3) is 0 Å². The average molecular weight is 282 g/mol. The van der Waals surface area contributed by atoms with E-state index in [1.165, 1.54) is 12.3 Å². The van der Waals surface area contributed by atoms with Crippen LogP contribution < -0.4 is 4.90 Å². The van der Waals surface area contributed by atoms with Crippen molar-refractivity contribution in [2.24, 2.45) is 0 Å². The number of benzene rings is 1. The third-order valence-electron chi connectivity index (χ3n) is 3.06. The lowest BCUT2D eigenvalue weighted by Crippen LogP contribution is -2.23. The molecule has 1 aromatic heterocycles. The highest BCUT2D eigenvalue weighted by atomic mass is 16.4. The maximum Gasteiger partial charge on any atom is 0.335 e. The maximum atomic E-state index is 11.1. The van der Waals surface area contributed by atoms with Gasteiger partial charge in [0.1, 0.15) is 11.8 Å². The van der Waals surface area contributed by atoms with E-state index >= 15 is 0 Å². The van der Waals surface area contributed by atoms with Crippen molar-refractivity contribution in [1.82, 2.24) is 9.97 Å². The molecule has 0 aliphatic rings. The third-order valence-corrected chi connectivity index (χ3v) is 3.06. The molecule has 0 saturated carbocycles. The van der Waals surface area contributed by atoms with Gasteiger partial charge in [0.15, 0.2) is 0 Å². The molecule has 0 aliphatic heterocycles. The third kappa shape index (κ3) is 3.54. The first-order chi connectivity index (χ1) is 10.1. The molecule has 0 atom stereocenters. The Hall–Kier alpha value is -2.94. The number of aromatic carboxylic acids is 1. The Morgan fingerprint density at radius 3 is 2.86 bits per heavy atom. The van der Waals surface area contributed by atoms with E-state index in [2.05, 4.69) is 9.97 Å². The van der Waals surface area contributed by atoms with Crippen molar-refractivity contribution in [1.29, 1.82) is 5.26 Å². The van der Waals surface area contributed by atoms with E-state index < -0.39 is 5.97 Å². The Bertz CT molecular complexity index is 694. The second-order valence-corrected chi connectivity index (χ2v) is 4.49. The van der Waals surface area contributed by atoms with Gasteiger partial charge in [0.05, 0.1) is 5.56 Å². The van der Waals surface area contributed by atoms with Crippen LogP contribution in [0.2, 0.25) is 0 Å². The van der Waals surface area contributed by atoms with E-state index in [-0.39, 0.29) is 0 Å². The summed E-state index contributed by atoms with van der Waals surface area (Å²) < 4.78 is 0. The number of carboxylic acid groups (broad SMARTS) is 1. The summed E-state index contributed by atoms with van der Waals surface area (Å²) in [4.78, 5) is 21.1. The quantitative estimate of drug-likeness (QED) is 0.898. The van der Waals surface area contributed by atoms with Crippen LogP contribution in [-0.4, -0.2) is 34.6 Å². The molecule has 0 aliphatic carbocycles. The lowest BCUT2D eigenvalue weighted by Gasteiger charge is -2.17. The van der Waals surface area contributed by atoms with Crippen LogP contribution in [0.4, 0.5) is 5.95 Å². The predicted octanol–water partition coefficient (Wildman–Crippen LogP) is 1.73.